The predicted molar refractivity (Wildman–Crippen MR) is 104 cm³/mol. The maximum absolute atomic E-state index is 12.3. The number of aliphatic carboxylic acids is 1. The summed E-state index contributed by atoms with van der Waals surface area (Å²) in [7, 11) is 0. The van der Waals surface area contributed by atoms with Crippen LogP contribution in [0.1, 0.15) is 31.3 Å². The van der Waals surface area contributed by atoms with Crippen LogP contribution in [-0.2, 0) is 25.7 Å². The van der Waals surface area contributed by atoms with Crippen LogP contribution in [0.2, 0.25) is 0 Å². The number of thiazole rings is 1. The Bertz CT molecular complexity index is 875. The van der Waals surface area contributed by atoms with Gasteiger partial charge in [-0.1, -0.05) is 18.7 Å². The Labute approximate surface area is 169 Å². The quantitative estimate of drug-likeness (QED) is 0.505. The number of fused-ring (bicyclic) bond motifs is 1. The molecule has 0 aliphatic carbocycles. The van der Waals surface area contributed by atoms with E-state index in [0.717, 1.165) is 4.88 Å². The Morgan fingerprint density at radius 3 is 2.82 bits per heavy atom. The van der Waals surface area contributed by atoms with Gasteiger partial charge < -0.3 is 19.8 Å². The van der Waals surface area contributed by atoms with Crippen LogP contribution in [0.5, 0.6) is 0 Å². The van der Waals surface area contributed by atoms with Crippen molar-refractivity contribution in [2.75, 3.05) is 0 Å². The molecule has 0 aromatic carbocycles. The first-order chi connectivity index (χ1) is 13.2. The van der Waals surface area contributed by atoms with Crippen molar-refractivity contribution >= 4 is 47.0 Å². The number of esters is 1. The molecule has 2 aliphatic rings. The number of hydrogen-bond donors (Lipinski definition) is 2. The highest BCUT2D eigenvalue weighted by Gasteiger charge is 2.59. The maximum atomic E-state index is 12.3. The SMILES string of the molecule is CC(=O)OCc1ncsc1/C=C\SC1=C(C(=O)O)N2C(=O)[C@H]([C@@H](C)O)[C@H]2[C@H]1C. The number of aliphatic hydroxyl groups is 1. The lowest BCUT2D eigenvalue weighted by atomic mass is 9.79. The molecule has 150 valence electrons. The number of carbonyl (C=O) groups excluding carboxylic acids is 2. The molecule has 1 fully saturated rings. The van der Waals surface area contributed by atoms with Gasteiger partial charge in [-0.25, -0.2) is 9.78 Å². The Morgan fingerprint density at radius 2 is 2.21 bits per heavy atom. The molecule has 0 radical (unpaired) electrons. The summed E-state index contributed by atoms with van der Waals surface area (Å²) in [4.78, 5) is 41.9. The molecule has 0 unspecified atom stereocenters. The molecule has 0 bridgehead atoms. The molecule has 10 heteroatoms. The Balaban J connectivity index is 1.78. The summed E-state index contributed by atoms with van der Waals surface area (Å²) in [5.74, 6) is -2.68. The zero-order chi connectivity index (χ0) is 20.6. The minimum Gasteiger partial charge on any atom is -0.477 e. The summed E-state index contributed by atoms with van der Waals surface area (Å²) in [6, 6.07) is -0.336. The second kappa shape index (κ2) is 8.06. The van der Waals surface area contributed by atoms with E-state index < -0.39 is 24.0 Å². The largest absolute Gasteiger partial charge is 0.477 e. The number of aromatic nitrogens is 1. The molecule has 8 nitrogen and oxygen atoms in total. The van der Waals surface area contributed by atoms with Gasteiger partial charge in [0.25, 0.3) is 0 Å². The summed E-state index contributed by atoms with van der Waals surface area (Å²) in [5, 5.41) is 21.2. The number of amides is 1. The topological polar surface area (TPSA) is 117 Å². The number of nitrogens with zero attached hydrogens (tertiary/aromatic N) is 2. The molecule has 0 saturated carbocycles. The fraction of sp³-hybridized carbons (Fsp3) is 0.444. The molecule has 3 rings (SSSR count). The van der Waals surface area contributed by atoms with Crippen LogP contribution in [-0.4, -0.2) is 50.1 Å². The highest BCUT2D eigenvalue weighted by Crippen LogP contribution is 2.50. The van der Waals surface area contributed by atoms with Crippen molar-refractivity contribution in [2.45, 2.75) is 39.5 Å². The van der Waals surface area contributed by atoms with E-state index in [2.05, 4.69) is 4.98 Å². The second-order valence-electron chi connectivity index (χ2n) is 6.64. The van der Waals surface area contributed by atoms with Gasteiger partial charge in [-0.05, 0) is 18.4 Å². The summed E-state index contributed by atoms with van der Waals surface area (Å²) >= 11 is 2.61. The third-order valence-corrected chi connectivity index (χ3v) is 6.74. The minimum atomic E-state index is -1.16. The molecule has 1 aromatic rings. The number of β-lactam (4-membered cyclic amide) rings is 1. The fourth-order valence-corrected chi connectivity index (χ4v) is 5.32. The second-order valence-corrected chi connectivity index (χ2v) is 8.47. The Morgan fingerprint density at radius 1 is 1.50 bits per heavy atom. The van der Waals surface area contributed by atoms with E-state index in [1.807, 2.05) is 6.92 Å². The average Bonchev–Trinajstić information content (AvgIpc) is 3.14. The van der Waals surface area contributed by atoms with Crippen molar-refractivity contribution in [3.05, 3.63) is 32.1 Å². The normalized spacial score (nSPS) is 25.1. The van der Waals surface area contributed by atoms with Crippen molar-refractivity contribution in [1.29, 1.82) is 0 Å². The average molecular weight is 425 g/mol. The molecule has 28 heavy (non-hydrogen) atoms. The molecular formula is C18H20N2O6S2. The number of carbonyl (C=O) groups is 3. The highest BCUT2D eigenvalue weighted by molar-refractivity contribution is 8.06. The summed E-state index contributed by atoms with van der Waals surface area (Å²) in [6.07, 6.45) is 0.955. The number of ether oxygens (including phenoxy) is 1. The monoisotopic (exact) mass is 424 g/mol. The Hall–Kier alpha value is -2.17. The lowest BCUT2D eigenvalue weighted by molar-refractivity contribution is -0.163. The van der Waals surface area contributed by atoms with Crippen molar-refractivity contribution < 1.29 is 29.3 Å². The van der Waals surface area contributed by atoms with Gasteiger partial charge >= 0.3 is 11.9 Å². The van der Waals surface area contributed by atoms with Gasteiger partial charge in [0.1, 0.15) is 12.3 Å². The van der Waals surface area contributed by atoms with Crippen LogP contribution in [0.3, 0.4) is 0 Å². The molecule has 1 saturated heterocycles. The summed E-state index contributed by atoms with van der Waals surface area (Å²) in [6.45, 7) is 4.81. The highest BCUT2D eigenvalue weighted by atomic mass is 32.2. The van der Waals surface area contributed by atoms with Crippen molar-refractivity contribution in [3.63, 3.8) is 0 Å². The van der Waals surface area contributed by atoms with Gasteiger partial charge in [0, 0.05) is 17.7 Å². The lowest BCUT2D eigenvalue weighted by Crippen LogP contribution is -2.63. The molecule has 2 aliphatic heterocycles. The van der Waals surface area contributed by atoms with Crippen molar-refractivity contribution in [1.82, 2.24) is 9.88 Å². The summed E-state index contributed by atoms with van der Waals surface area (Å²) in [5.41, 5.74) is 2.25. The maximum Gasteiger partial charge on any atom is 0.353 e. The molecule has 4 atom stereocenters. The van der Waals surface area contributed by atoms with Gasteiger partial charge in [-0.2, -0.15) is 0 Å². The minimum absolute atomic E-state index is 0.0153. The number of carboxylic acid groups (broad SMARTS) is 1. The van der Waals surface area contributed by atoms with E-state index >= 15 is 0 Å². The van der Waals surface area contributed by atoms with Crippen LogP contribution < -0.4 is 0 Å². The standard InChI is InChI=1S/C18H20N2O6S2/c1-8-14-13(9(2)21)17(23)20(14)15(18(24)25)16(8)27-5-4-12-11(19-7-28-12)6-26-10(3)22/h4-5,7-9,13-14,21H,6H2,1-3H3,(H,24,25)/b5-4-/t8-,9-,13-,14-/m1/s1. The first kappa shape index (κ1) is 20.6. The number of aliphatic hydroxyl groups excluding tert-OH is 1. The molecule has 1 aromatic heterocycles. The number of thioether (sulfide) groups is 1. The molecule has 2 N–H and O–H groups in total. The van der Waals surface area contributed by atoms with E-state index in [9.17, 15) is 24.6 Å². The zero-order valence-electron chi connectivity index (χ0n) is 15.5. The number of carboxylic acids is 1. The van der Waals surface area contributed by atoms with Crippen LogP contribution in [0.15, 0.2) is 21.5 Å². The van der Waals surface area contributed by atoms with E-state index in [1.54, 1.807) is 23.9 Å². The predicted octanol–water partition coefficient (Wildman–Crippen LogP) is 2.06. The van der Waals surface area contributed by atoms with Crippen molar-refractivity contribution in [2.24, 2.45) is 11.8 Å². The smallest absolute Gasteiger partial charge is 0.353 e. The van der Waals surface area contributed by atoms with E-state index in [-0.39, 0.29) is 30.2 Å². The Kier molecular flexibility index (Phi) is 5.92. The third kappa shape index (κ3) is 3.59. The van der Waals surface area contributed by atoms with Crippen LogP contribution in [0, 0.1) is 11.8 Å². The van der Waals surface area contributed by atoms with Gasteiger partial charge in [0.05, 0.1) is 34.1 Å². The molecule has 0 spiro atoms. The van der Waals surface area contributed by atoms with E-state index in [1.165, 1.54) is 34.9 Å². The van der Waals surface area contributed by atoms with Crippen molar-refractivity contribution in [3.8, 4) is 0 Å². The fourth-order valence-electron chi connectivity index (χ4n) is 3.54. The number of rotatable bonds is 7. The molecule has 1 amide bonds. The van der Waals surface area contributed by atoms with Gasteiger partial charge in [-0.15, -0.1) is 11.3 Å². The van der Waals surface area contributed by atoms with E-state index in [4.69, 9.17) is 4.74 Å². The van der Waals surface area contributed by atoms with Gasteiger partial charge in [0.15, 0.2) is 0 Å². The van der Waals surface area contributed by atoms with Gasteiger partial charge in [-0.3, -0.25) is 9.59 Å². The first-order valence-electron chi connectivity index (χ1n) is 8.61. The zero-order valence-corrected chi connectivity index (χ0v) is 17.1. The third-order valence-electron chi connectivity index (χ3n) is 4.81. The molecular weight excluding hydrogens is 404 g/mol. The first-order valence-corrected chi connectivity index (χ1v) is 10.4. The van der Waals surface area contributed by atoms with Crippen LogP contribution in [0.4, 0.5) is 0 Å². The molecule has 3 heterocycles. The number of hydrogen-bond acceptors (Lipinski definition) is 8. The van der Waals surface area contributed by atoms with Gasteiger partial charge in [0.2, 0.25) is 5.91 Å². The van der Waals surface area contributed by atoms with E-state index in [0.29, 0.717) is 10.6 Å². The van der Waals surface area contributed by atoms with Crippen LogP contribution in [0.25, 0.3) is 6.08 Å². The van der Waals surface area contributed by atoms with Crippen LogP contribution >= 0.6 is 23.1 Å². The summed E-state index contributed by atoms with van der Waals surface area (Å²) < 4.78 is 4.96. The lowest BCUT2D eigenvalue weighted by Gasteiger charge is -2.46.